The van der Waals surface area contributed by atoms with Gasteiger partial charge in [-0.25, -0.2) is 0 Å². The van der Waals surface area contributed by atoms with Crippen LogP contribution in [-0.2, 0) is 6.42 Å². The van der Waals surface area contributed by atoms with Crippen LogP contribution in [0.4, 0.5) is 0 Å². The third-order valence-corrected chi connectivity index (χ3v) is 7.15. The fourth-order valence-corrected chi connectivity index (χ4v) is 6.69. The van der Waals surface area contributed by atoms with Crippen molar-refractivity contribution in [2.75, 3.05) is 0 Å². The molecule has 3 rings (SSSR count). The van der Waals surface area contributed by atoms with E-state index >= 15 is 0 Å². The smallest absolute Gasteiger partial charge is 0.0119 e. The Bertz CT molecular complexity index is 816. The highest BCUT2D eigenvalue weighted by atomic mass is 31.1. The molecule has 134 valence electrons. The minimum Gasteiger partial charge on any atom is -0.0651 e. The second kappa shape index (κ2) is 8.19. The topological polar surface area (TPSA) is 0 Å². The molecule has 0 aromatic heterocycles. The number of hydrogen-bond acceptors (Lipinski definition) is 0. The predicted octanol–water partition coefficient (Wildman–Crippen LogP) is 5.63. The molecule has 0 bridgehead atoms. The van der Waals surface area contributed by atoms with Crippen molar-refractivity contribution in [1.82, 2.24) is 0 Å². The van der Waals surface area contributed by atoms with Crippen molar-refractivity contribution in [2.45, 2.75) is 47.5 Å². The summed E-state index contributed by atoms with van der Waals surface area (Å²) in [7, 11) is -0.543. The molecule has 0 nitrogen and oxygen atoms in total. The van der Waals surface area contributed by atoms with E-state index in [9.17, 15) is 0 Å². The maximum atomic E-state index is 2.39. The minimum atomic E-state index is -0.543. The minimum absolute atomic E-state index is 0.543. The van der Waals surface area contributed by atoms with Crippen molar-refractivity contribution in [3.63, 3.8) is 0 Å². The van der Waals surface area contributed by atoms with Crippen LogP contribution in [0.3, 0.4) is 0 Å². The first-order valence-electron chi connectivity index (χ1n) is 9.52. The molecule has 0 unspecified atom stereocenters. The van der Waals surface area contributed by atoms with Crippen LogP contribution in [0.2, 0.25) is 0 Å². The van der Waals surface area contributed by atoms with Gasteiger partial charge in [0.25, 0.3) is 0 Å². The Morgan fingerprint density at radius 2 is 1.12 bits per heavy atom. The van der Waals surface area contributed by atoms with Crippen molar-refractivity contribution in [2.24, 2.45) is 0 Å². The molecule has 0 saturated carbocycles. The van der Waals surface area contributed by atoms with Gasteiger partial charge in [-0.2, -0.15) is 0 Å². The lowest BCUT2D eigenvalue weighted by Crippen LogP contribution is -2.24. The molecule has 0 N–H and O–H groups in total. The number of rotatable bonds is 5. The predicted molar refractivity (Wildman–Crippen MR) is 118 cm³/mol. The highest BCUT2D eigenvalue weighted by Gasteiger charge is 2.20. The van der Waals surface area contributed by atoms with Crippen LogP contribution in [0, 0.1) is 27.7 Å². The van der Waals surface area contributed by atoms with Crippen molar-refractivity contribution in [3.8, 4) is 0 Å². The van der Waals surface area contributed by atoms with Gasteiger partial charge in [-0.05, 0) is 63.5 Å². The maximum Gasteiger partial charge on any atom is -0.0119 e. The third-order valence-electron chi connectivity index (χ3n) is 4.68. The molecule has 1 heteroatoms. The van der Waals surface area contributed by atoms with Gasteiger partial charge in [0.2, 0.25) is 0 Å². The van der Waals surface area contributed by atoms with E-state index in [4.69, 9.17) is 0 Å². The summed E-state index contributed by atoms with van der Waals surface area (Å²) < 4.78 is 0. The molecule has 0 saturated heterocycles. The molecular formula is C25H29P. The summed E-state index contributed by atoms with van der Waals surface area (Å²) in [5.41, 5.74) is 6.91. The fraction of sp³-hybridized carbons (Fsp3) is 0.280. The first-order valence-corrected chi connectivity index (χ1v) is 10.9. The van der Waals surface area contributed by atoms with Gasteiger partial charge in [0, 0.05) is 0 Å². The van der Waals surface area contributed by atoms with Gasteiger partial charge in [0.05, 0.1) is 0 Å². The normalized spacial score (nSPS) is 11.2. The lowest BCUT2D eigenvalue weighted by atomic mass is 10.1. The first-order chi connectivity index (χ1) is 12.5. The number of benzene rings is 3. The Hall–Kier alpha value is -1.91. The molecule has 3 aromatic rings. The standard InChI is InChI=1S/C25H29P/c1-6-9-22-10-7-8-11-25(22)26(23-14-18(2)12-19(3)15-23)24-16-20(4)13-21(5)17-24/h7-8,10-17H,6,9H2,1-5H3. The van der Waals surface area contributed by atoms with Crippen LogP contribution in [0.25, 0.3) is 0 Å². The molecule has 0 aliphatic rings. The zero-order chi connectivity index (χ0) is 18.7. The summed E-state index contributed by atoms with van der Waals surface area (Å²) in [6, 6.07) is 23.2. The van der Waals surface area contributed by atoms with E-state index in [-0.39, 0.29) is 0 Å². The van der Waals surface area contributed by atoms with E-state index in [1.54, 1.807) is 0 Å². The van der Waals surface area contributed by atoms with E-state index in [0.717, 1.165) is 6.42 Å². The van der Waals surface area contributed by atoms with Gasteiger partial charge < -0.3 is 0 Å². The lowest BCUT2D eigenvalue weighted by molar-refractivity contribution is 0.927. The molecule has 26 heavy (non-hydrogen) atoms. The molecule has 0 amide bonds. The van der Waals surface area contributed by atoms with Crippen molar-refractivity contribution in [3.05, 3.63) is 88.5 Å². The zero-order valence-electron chi connectivity index (χ0n) is 16.6. The summed E-state index contributed by atoms with van der Waals surface area (Å²) >= 11 is 0. The van der Waals surface area contributed by atoms with Gasteiger partial charge in [-0.3, -0.25) is 0 Å². The van der Waals surface area contributed by atoms with Crippen LogP contribution in [0.1, 0.15) is 41.2 Å². The molecule has 0 fully saturated rings. The molecule has 0 spiro atoms. The summed E-state index contributed by atoms with van der Waals surface area (Å²) in [5, 5.41) is 4.44. The Morgan fingerprint density at radius 1 is 0.654 bits per heavy atom. The van der Waals surface area contributed by atoms with E-state index < -0.39 is 7.92 Å². The number of aryl methyl sites for hydroxylation is 5. The number of hydrogen-bond donors (Lipinski definition) is 0. The lowest BCUT2D eigenvalue weighted by Gasteiger charge is -2.24. The van der Waals surface area contributed by atoms with E-state index in [1.807, 2.05) is 0 Å². The van der Waals surface area contributed by atoms with Crippen molar-refractivity contribution in [1.29, 1.82) is 0 Å². The molecule has 0 heterocycles. The van der Waals surface area contributed by atoms with Crippen LogP contribution in [0.5, 0.6) is 0 Å². The Kier molecular flexibility index (Phi) is 5.94. The van der Waals surface area contributed by atoms with Gasteiger partial charge in [0.1, 0.15) is 0 Å². The summed E-state index contributed by atoms with van der Waals surface area (Å²) in [4.78, 5) is 0. The van der Waals surface area contributed by atoms with Crippen LogP contribution in [0.15, 0.2) is 60.7 Å². The van der Waals surface area contributed by atoms with Crippen molar-refractivity contribution >= 4 is 23.8 Å². The summed E-state index contributed by atoms with van der Waals surface area (Å²) in [6.07, 6.45) is 2.32. The van der Waals surface area contributed by atoms with Crippen LogP contribution < -0.4 is 15.9 Å². The van der Waals surface area contributed by atoms with Crippen LogP contribution in [-0.4, -0.2) is 0 Å². The zero-order valence-corrected chi connectivity index (χ0v) is 17.5. The maximum absolute atomic E-state index is 2.39. The first kappa shape index (κ1) is 18.9. The van der Waals surface area contributed by atoms with Gasteiger partial charge in [-0.1, -0.05) is 96.3 Å². The Labute approximate surface area is 160 Å². The van der Waals surface area contributed by atoms with Gasteiger partial charge >= 0.3 is 0 Å². The average Bonchev–Trinajstić information content (AvgIpc) is 2.55. The quantitative estimate of drug-likeness (QED) is 0.517. The second-order valence-corrected chi connectivity index (χ2v) is 9.59. The van der Waals surface area contributed by atoms with E-state index in [2.05, 4.69) is 95.3 Å². The molecular weight excluding hydrogens is 331 g/mol. The molecule has 3 aromatic carbocycles. The average molecular weight is 360 g/mol. The highest BCUT2D eigenvalue weighted by Crippen LogP contribution is 2.35. The van der Waals surface area contributed by atoms with Crippen molar-refractivity contribution < 1.29 is 0 Å². The molecule has 0 aliphatic heterocycles. The fourth-order valence-electron chi connectivity index (χ4n) is 3.80. The molecule has 0 aliphatic carbocycles. The Morgan fingerprint density at radius 3 is 1.58 bits per heavy atom. The van der Waals surface area contributed by atoms with Gasteiger partial charge in [0.15, 0.2) is 0 Å². The summed E-state index contributed by atoms with van der Waals surface area (Å²) in [5.74, 6) is 0. The van der Waals surface area contributed by atoms with E-state index in [1.165, 1.54) is 50.2 Å². The molecule has 0 atom stereocenters. The second-order valence-electron chi connectivity index (χ2n) is 7.41. The third kappa shape index (κ3) is 4.25. The van der Waals surface area contributed by atoms with E-state index in [0.29, 0.717) is 0 Å². The van der Waals surface area contributed by atoms with Crippen LogP contribution >= 0.6 is 7.92 Å². The summed E-state index contributed by atoms with van der Waals surface area (Å²) in [6.45, 7) is 11.1. The van der Waals surface area contributed by atoms with Gasteiger partial charge in [-0.15, -0.1) is 0 Å². The largest absolute Gasteiger partial charge is 0.0651 e. The molecule has 0 radical (unpaired) electrons. The monoisotopic (exact) mass is 360 g/mol. The Balaban J connectivity index is 2.26. The highest BCUT2D eigenvalue weighted by molar-refractivity contribution is 7.79. The SMILES string of the molecule is CCCc1ccccc1P(c1cc(C)cc(C)c1)c1cc(C)cc(C)c1.